The zero-order valence-corrected chi connectivity index (χ0v) is 19.8. The van der Waals surface area contributed by atoms with E-state index in [2.05, 4.69) is 21.7 Å². The largest absolute Gasteiger partial charge is 0.493 e. The summed E-state index contributed by atoms with van der Waals surface area (Å²) in [4.78, 5) is 4.30. The topological polar surface area (TPSA) is 73.3 Å². The molecule has 1 aliphatic rings. The minimum atomic E-state index is 0. The van der Waals surface area contributed by atoms with Crippen LogP contribution in [0.2, 0.25) is 0 Å². The maximum atomic E-state index is 5.76. The van der Waals surface area contributed by atoms with Crippen molar-refractivity contribution in [1.82, 2.24) is 5.32 Å². The number of hydrogen-bond donors (Lipinski definition) is 2. The molecule has 0 aliphatic carbocycles. The van der Waals surface area contributed by atoms with E-state index >= 15 is 0 Å². The minimum Gasteiger partial charge on any atom is -0.493 e. The van der Waals surface area contributed by atoms with E-state index in [9.17, 15) is 0 Å². The third-order valence-electron chi connectivity index (χ3n) is 4.35. The molecule has 2 N–H and O–H groups in total. The van der Waals surface area contributed by atoms with E-state index in [0.29, 0.717) is 38.9 Å². The molecular weight excluding hydrogens is 497 g/mol. The van der Waals surface area contributed by atoms with Gasteiger partial charge < -0.3 is 29.6 Å². The van der Waals surface area contributed by atoms with E-state index in [4.69, 9.17) is 18.9 Å². The highest BCUT2D eigenvalue weighted by Gasteiger charge is 2.11. The number of benzene rings is 2. The minimum absolute atomic E-state index is 0. The van der Waals surface area contributed by atoms with E-state index < -0.39 is 0 Å². The molecule has 7 nitrogen and oxygen atoms in total. The number of hydrogen-bond acceptors (Lipinski definition) is 5. The molecule has 0 amide bonds. The van der Waals surface area contributed by atoms with Crippen LogP contribution in [0.4, 0.5) is 5.69 Å². The first-order valence-corrected chi connectivity index (χ1v) is 9.86. The Labute approximate surface area is 195 Å². The first kappa shape index (κ1) is 24.1. The summed E-state index contributed by atoms with van der Waals surface area (Å²) in [6.07, 6.45) is 1.75. The normalized spacial score (nSPS) is 13.1. The Hall–Kier alpha value is -2.20. The van der Waals surface area contributed by atoms with Gasteiger partial charge in [0, 0.05) is 51.9 Å². The van der Waals surface area contributed by atoms with Crippen LogP contribution in [-0.2, 0) is 11.3 Å². The molecule has 0 aromatic heterocycles. The van der Waals surface area contributed by atoms with Crippen LogP contribution in [0.5, 0.6) is 17.2 Å². The Kier molecular flexibility index (Phi) is 10.6. The van der Waals surface area contributed by atoms with Gasteiger partial charge in [-0.25, -0.2) is 0 Å². The quantitative estimate of drug-likeness (QED) is 0.234. The van der Waals surface area contributed by atoms with E-state index in [0.717, 1.165) is 41.3 Å². The summed E-state index contributed by atoms with van der Waals surface area (Å²) in [5, 5.41) is 6.61. The number of nitrogens with one attached hydrogen (secondary N) is 2. The second-order valence-electron chi connectivity index (χ2n) is 6.60. The number of aliphatic imine (C=N–C) groups is 1. The molecule has 3 rings (SSSR count). The number of halogens is 1. The Morgan fingerprint density at radius 2 is 1.90 bits per heavy atom. The Morgan fingerprint density at radius 3 is 2.70 bits per heavy atom. The van der Waals surface area contributed by atoms with Crippen molar-refractivity contribution in [3.63, 3.8) is 0 Å². The highest BCUT2D eigenvalue weighted by Crippen LogP contribution is 2.32. The number of anilines is 1. The Balaban J connectivity index is 0.00000320. The van der Waals surface area contributed by atoms with Crippen LogP contribution in [0.25, 0.3) is 0 Å². The van der Waals surface area contributed by atoms with Crippen LogP contribution in [0, 0.1) is 0 Å². The van der Waals surface area contributed by atoms with E-state index in [1.165, 1.54) is 0 Å². The Morgan fingerprint density at radius 1 is 1.07 bits per heavy atom. The summed E-state index contributed by atoms with van der Waals surface area (Å²) in [6, 6.07) is 13.8. The molecule has 2 aromatic rings. The molecule has 0 atom stereocenters. The summed E-state index contributed by atoms with van der Waals surface area (Å²) in [6.45, 7) is 3.30. The van der Waals surface area contributed by atoms with Gasteiger partial charge in [0.05, 0.1) is 19.8 Å². The smallest absolute Gasteiger partial charge is 0.195 e. The van der Waals surface area contributed by atoms with Gasteiger partial charge in [0.2, 0.25) is 0 Å². The fraction of sp³-hybridized carbons (Fsp3) is 0.409. The molecule has 1 heterocycles. The van der Waals surface area contributed by atoms with Crippen molar-refractivity contribution < 1.29 is 18.9 Å². The van der Waals surface area contributed by atoms with Gasteiger partial charge in [0.25, 0.3) is 0 Å². The molecule has 0 unspecified atom stereocenters. The lowest BCUT2D eigenvalue weighted by molar-refractivity contribution is 0.172. The average molecular weight is 527 g/mol. The first-order valence-electron chi connectivity index (χ1n) is 9.86. The van der Waals surface area contributed by atoms with Crippen LogP contribution < -0.4 is 24.8 Å². The molecule has 1 aliphatic heterocycles. The lowest BCUT2D eigenvalue weighted by Crippen LogP contribution is -2.30. The van der Waals surface area contributed by atoms with Crippen molar-refractivity contribution in [2.24, 2.45) is 4.99 Å². The zero-order valence-electron chi connectivity index (χ0n) is 17.5. The van der Waals surface area contributed by atoms with Crippen molar-refractivity contribution in [3.8, 4) is 17.2 Å². The molecule has 30 heavy (non-hydrogen) atoms. The van der Waals surface area contributed by atoms with Gasteiger partial charge in [-0.3, -0.25) is 4.99 Å². The van der Waals surface area contributed by atoms with Crippen LogP contribution in [0.3, 0.4) is 0 Å². The number of nitrogens with zero attached hydrogens (tertiary/aromatic N) is 1. The maximum absolute atomic E-state index is 5.76. The Bertz CT molecular complexity index is 817. The molecule has 0 saturated carbocycles. The molecule has 0 fully saturated rings. The maximum Gasteiger partial charge on any atom is 0.195 e. The molecule has 2 aromatic carbocycles. The highest BCUT2D eigenvalue weighted by atomic mass is 127. The second-order valence-corrected chi connectivity index (χ2v) is 6.60. The number of guanidine groups is 1. The standard InChI is InChI=1S/C22H29N3O4.HI/c1-23-22(25-18-8-9-20-21(15-18)29-13-5-12-28-20)24-16-17-6-3-7-19(14-17)27-11-4-10-26-2;/h3,6-9,14-15H,4-5,10-13,16H2,1-2H3,(H2,23,24,25);1H. The number of rotatable bonds is 8. The fourth-order valence-electron chi connectivity index (χ4n) is 2.88. The summed E-state index contributed by atoms with van der Waals surface area (Å²) in [5.41, 5.74) is 1.99. The third-order valence-corrected chi connectivity index (χ3v) is 4.35. The van der Waals surface area contributed by atoms with Gasteiger partial charge in [-0.05, 0) is 29.8 Å². The van der Waals surface area contributed by atoms with Gasteiger partial charge >= 0.3 is 0 Å². The summed E-state index contributed by atoms with van der Waals surface area (Å²) in [7, 11) is 3.44. The van der Waals surface area contributed by atoms with Gasteiger partial charge in [-0.2, -0.15) is 0 Å². The van der Waals surface area contributed by atoms with Gasteiger partial charge in [-0.1, -0.05) is 12.1 Å². The van der Waals surface area contributed by atoms with Crippen molar-refractivity contribution in [1.29, 1.82) is 0 Å². The van der Waals surface area contributed by atoms with Crippen LogP contribution in [0.1, 0.15) is 18.4 Å². The lowest BCUT2D eigenvalue weighted by Gasteiger charge is -2.14. The number of fused-ring (bicyclic) bond motifs is 1. The SMILES string of the molecule is CN=C(NCc1cccc(OCCCOC)c1)Nc1ccc2c(c1)OCCCO2.I. The predicted molar refractivity (Wildman–Crippen MR) is 130 cm³/mol. The predicted octanol–water partition coefficient (Wildman–Crippen LogP) is 4.07. The van der Waals surface area contributed by atoms with E-state index in [-0.39, 0.29) is 24.0 Å². The van der Waals surface area contributed by atoms with Crippen molar-refractivity contribution in [3.05, 3.63) is 48.0 Å². The lowest BCUT2D eigenvalue weighted by atomic mass is 10.2. The van der Waals surface area contributed by atoms with Crippen molar-refractivity contribution in [2.75, 3.05) is 45.9 Å². The average Bonchev–Trinajstić information content (AvgIpc) is 2.99. The van der Waals surface area contributed by atoms with Gasteiger partial charge in [0.15, 0.2) is 17.5 Å². The molecular formula is C22H30IN3O4. The molecule has 8 heteroatoms. The van der Waals surface area contributed by atoms with Gasteiger partial charge in [-0.15, -0.1) is 24.0 Å². The summed E-state index contributed by atoms with van der Waals surface area (Å²) < 4.78 is 22.2. The fourth-order valence-corrected chi connectivity index (χ4v) is 2.88. The number of methoxy groups -OCH3 is 1. The van der Waals surface area contributed by atoms with E-state index in [1.807, 2.05) is 36.4 Å². The first-order chi connectivity index (χ1) is 14.3. The van der Waals surface area contributed by atoms with Crippen molar-refractivity contribution in [2.45, 2.75) is 19.4 Å². The molecule has 164 valence electrons. The van der Waals surface area contributed by atoms with Crippen LogP contribution in [0.15, 0.2) is 47.5 Å². The van der Waals surface area contributed by atoms with Crippen LogP contribution >= 0.6 is 24.0 Å². The highest BCUT2D eigenvalue weighted by molar-refractivity contribution is 14.0. The number of ether oxygens (including phenoxy) is 4. The zero-order chi connectivity index (χ0) is 20.3. The summed E-state index contributed by atoms with van der Waals surface area (Å²) >= 11 is 0. The molecule has 0 radical (unpaired) electrons. The van der Waals surface area contributed by atoms with Crippen molar-refractivity contribution >= 4 is 35.6 Å². The molecule has 0 saturated heterocycles. The van der Waals surface area contributed by atoms with Gasteiger partial charge in [0.1, 0.15) is 5.75 Å². The van der Waals surface area contributed by atoms with Crippen LogP contribution in [-0.4, -0.2) is 46.5 Å². The van der Waals surface area contributed by atoms with E-state index in [1.54, 1.807) is 14.2 Å². The second kappa shape index (κ2) is 13.2. The summed E-state index contributed by atoms with van der Waals surface area (Å²) in [5.74, 6) is 3.05. The molecule has 0 bridgehead atoms. The molecule has 0 spiro atoms. The third kappa shape index (κ3) is 7.56. The monoisotopic (exact) mass is 527 g/mol.